The average Bonchev–Trinajstić information content (AvgIpc) is 3.06. The van der Waals surface area contributed by atoms with Crippen LogP contribution in [0.3, 0.4) is 0 Å². The lowest BCUT2D eigenvalue weighted by Crippen LogP contribution is -2.14. The molecule has 2 aromatic rings. The maximum Gasteiger partial charge on any atom is 0.327 e. The number of hydrogen-bond donors (Lipinski definition) is 1. The van der Waals surface area contributed by atoms with E-state index in [1.54, 1.807) is 24.8 Å². The Hall–Kier alpha value is -1.73. The number of ether oxygens (including phenoxy) is 1. The van der Waals surface area contributed by atoms with Crippen LogP contribution in [0.25, 0.3) is 17.2 Å². The van der Waals surface area contributed by atoms with E-state index in [0.29, 0.717) is 32.7 Å². The molecule has 0 fully saturated rings. The molecule has 0 heterocycles. The van der Waals surface area contributed by atoms with Crippen LogP contribution >= 0.6 is 19.4 Å². The highest BCUT2D eigenvalue weighted by atomic mass is 32.2. The van der Waals surface area contributed by atoms with Crippen LogP contribution in [-0.4, -0.2) is 44.1 Å². The van der Waals surface area contributed by atoms with Gasteiger partial charge in [0.05, 0.1) is 13.2 Å². The molecule has 190 valence electrons. The molecule has 2 atom stereocenters. The summed E-state index contributed by atoms with van der Waals surface area (Å²) in [6.07, 6.45) is 4.67. The molecule has 0 aromatic heterocycles. The van der Waals surface area contributed by atoms with Crippen molar-refractivity contribution in [3.05, 3.63) is 70.5 Å². The Bertz CT molecular complexity index is 1110. The Morgan fingerprint density at radius 1 is 1.09 bits per heavy atom. The van der Waals surface area contributed by atoms with Gasteiger partial charge in [0, 0.05) is 24.6 Å². The lowest BCUT2D eigenvalue weighted by Gasteiger charge is -2.15. The van der Waals surface area contributed by atoms with E-state index < -0.39 is 13.9 Å². The van der Waals surface area contributed by atoms with E-state index in [1.807, 2.05) is 13.2 Å². The smallest absolute Gasteiger partial charge is 0.327 e. The minimum absolute atomic E-state index is 0.260. The van der Waals surface area contributed by atoms with Gasteiger partial charge in [0.1, 0.15) is 5.82 Å². The Balaban J connectivity index is 1.64. The summed E-state index contributed by atoms with van der Waals surface area (Å²) in [6, 6.07) is 13.1. The molecule has 35 heavy (non-hydrogen) atoms. The minimum Gasteiger partial charge on any atom is -0.368 e. The predicted molar refractivity (Wildman–Crippen MR) is 142 cm³/mol. The molecule has 5 nitrogen and oxygen atoms in total. The van der Waals surface area contributed by atoms with Gasteiger partial charge in [-0.2, -0.15) is 0 Å². The minimum atomic E-state index is -2.99. The molecule has 1 aliphatic carbocycles. The summed E-state index contributed by atoms with van der Waals surface area (Å²) in [7, 11) is -2.99. The second-order valence-corrected chi connectivity index (χ2v) is 11.3. The summed E-state index contributed by atoms with van der Waals surface area (Å²) in [4.78, 5) is 1.19. The van der Waals surface area contributed by atoms with Crippen molar-refractivity contribution < 1.29 is 27.8 Å². The number of fused-ring (bicyclic) bond motifs is 1. The highest BCUT2D eigenvalue weighted by Crippen LogP contribution is 2.45. The highest BCUT2D eigenvalue weighted by molar-refractivity contribution is 7.98. The predicted octanol–water partition coefficient (Wildman–Crippen LogP) is 7.26. The van der Waals surface area contributed by atoms with E-state index in [4.69, 9.17) is 13.8 Å². The zero-order valence-corrected chi connectivity index (χ0v) is 22.5. The van der Waals surface area contributed by atoms with Gasteiger partial charge in [-0.25, -0.2) is 4.39 Å². The second-order valence-electron chi connectivity index (χ2n) is 8.38. The van der Waals surface area contributed by atoms with E-state index in [-0.39, 0.29) is 12.2 Å². The third-order valence-corrected chi connectivity index (χ3v) is 7.92. The van der Waals surface area contributed by atoms with Crippen LogP contribution in [0.1, 0.15) is 49.8 Å². The molecule has 0 amide bonds. The Kier molecular flexibility index (Phi) is 10.3. The van der Waals surface area contributed by atoms with E-state index in [9.17, 15) is 14.1 Å². The zero-order chi connectivity index (χ0) is 25.4. The van der Waals surface area contributed by atoms with Crippen LogP contribution < -0.4 is 0 Å². The van der Waals surface area contributed by atoms with E-state index >= 15 is 0 Å². The van der Waals surface area contributed by atoms with Gasteiger partial charge < -0.3 is 18.9 Å². The van der Waals surface area contributed by atoms with Crippen molar-refractivity contribution in [3.8, 4) is 0 Å². The maximum atomic E-state index is 14.1. The van der Waals surface area contributed by atoms with Gasteiger partial charge in [-0.1, -0.05) is 18.2 Å². The van der Waals surface area contributed by atoms with Crippen LogP contribution in [0.2, 0.25) is 0 Å². The summed E-state index contributed by atoms with van der Waals surface area (Å²) in [5, 5.41) is 10.5. The monoisotopic (exact) mass is 520 g/mol. The molecule has 3 rings (SSSR count). The van der Waals surface area contributed by atoms with Gasteiger partial charge >= 0.3 is 7.60 Å². The van der Waals surface area contributed by atoms with Crippen molar-refractivity contribution in [1.29, 1.82) is 0 Å². The maximum absolute atomic E-state index is 14.1. The van der Waals surface area contributed by atoms with Crippen LogP contribution in [0.4, 0.5) is 4.39 Å². The lowest BCUT2D eigenvalue weighted by atomic mass is 10.0. The van der Waals surface area contributed by atoms with Crippen LogP contribution in [0, 0.1) is 5.82 Å². The molecule has 1 N–H and O–H groups in total. The molecule has 0 saturated heterocycles. The van der Waals surface area contributed by atoms with Gasteiger partial charge in [-0.3, -0.25) is 4.57 Å². The molecule has 0 aliphatic heterocycles. The Morgan fingerprint density at radius 3 is 2.49 bits per heavy atom. The number of aliphatic hydroxyl groups excluding tert-OH is 1. The fraction of sp³-hybridized carbons (Fsp3) is 0.407. The average molecular weight is 521 g/mol. The van der Waals surface area contributed by atoms with Crippen molar-refractivity contribution >= 4 is 36.6 Å². The fourth-order valence-electron chi connectivity index (χ4n) is 4.04. The number of allylic oxidation sites excluding steroid dienone is 2. The van der Waals surface area contributed by atoms with Crippen LogP contribution in [-0.2, 0) is 18.3 Å². The standard InChI is InChI=1S/C27H34FO5PS/c1-5-32-34(3,30)33-15-7-6-14-31-27(29)18-25-19(2)24(23-13-10-21(28)17-26(23)25)16-20-8-11-22(35-4)12-9-20/h8-13,16-17,27,29H,5-7,14-15,18H2,1-4H3/b24-16-. The van der Waals surface area contributed by atoms with Crippen molar-refractivity contribution in [2.75, 3.05) is 32.7 Å². The number of thioether (sulfide) groups is 1. The SMILES string of the molecule is CCOP(C)(=O)OCCCCOC(O)CC1=C(C)/C(=C/c2ccc(SC)cc2)c2ccc(F)cc21. The Labute approximate surface area is 211 Å². The summed E-state index contributed by atoms with van der Waals surface area (Å²) in [5.74, 6) is -0.310. The van der Waals surface area contributed by atoms with Gasteiger partial charge in [-0.15, -0.1) is 11.8 Å². The summed E-state index contributed by atoms with van der Waals surface area (Å²) < 4.78 is 42.0. The summed E-state index contributed by atoms with van der Waals surface area (Å²) in [5.41, 5.74) is 5.72. The number of halogens is 1. The first kappa shape index (κ1) is 27.9. The number of hydrogen-bond acceptors (Lipinski definition) is 6. The van der Waals surface area contributed by atoms with Crippen LogP contribution in [0.15, 0.2) is 52.9 Å². The molecule has 2 unspecified atom stereocenters. The second kappa shape index (κ2) is 13.0. The fourth-order valence-corrected chi connectivity index (χ4v) is 5.46. The number of rotatable bonds is 13. The summed E-state index contributed by atoms with van der Waals surface area (Å²) >= 11 is 1.69. The largest absolute Gasteiger partial charge is 0.368 e. The van der Waals surface area contributed by atoms with Crippen molar-refractivity contribution in [1.82, 2.24) is 0 Å². The van der Waals surface area contributed by atoms with Crippen molar-refractivity contribution in [3.63, 3.8) is 0 Å². The summed E-state index contributed by atoms with van der Waals surface area (Å²) in [6.45, 7) is 6.20. The van der Waals surface area contributed by atoms with Crippen molar-refractivity contribution in [2.45, 2.75) is 44.3 Å². The van der Waals surface area contributed by atoms with Gasteiger partial charge in [0.2, 0.25) is 0 Å². The van der Waals surface area contributed by atoms with E-state index in [2.05, 4.69) is 30.3 Å². The first-order valence-electron chi connectivity index (χ1n) is 11.8. The Morgan fingerprint density at radius 2 is 1.80 bits per heavy atom. The van der Waals surface area contributed by atoms with Crippen LogP contribution in [0.5, 0.6) is 0 Å². The molecule has 0 spiro atoms. The van der Waals surface area contributed by atoms with E-state index in [1.165, 1.54) is 23.7 Å². The first-order chi connectivity index (χ1) is 16.7. The zero-order valence-electron chi connectivity index (χ0n) is 20.8. The molecular formula is C27H34FO5PS. The van der Waals surface area contributed by atoms with Crippen molar-refractivity contribution in [2.24, 2.45) is 0 Å². The van der Waals surface area contributed by atoms with Gasteiger partial charge in [0.15, 0.2) is 6.29 Å². The lowest BCUT2D eigenvalue weighted by molar-refractivity contribution is -0.0955. The highest BCUT2D eigenvalue weighted by Gasteiger charge is 2.26. The number of unbranched alkanes of at least 4 members (excludes halogenated alkanes) is 1. The molecule has 0 saturated carbocycles. The van der Waals surface area contributed by atoms with E-state index in [0.717, 1.165) is 33.4 Å². The molecule has 2 aromatic carbocycles. The van der Waals surface area contributed by atoms with Gasteiger partial charge in [0.25, 0.3) is 0 Å². The third-order valence-electron chi connectivity index (χ3n) is 5.80. The molecule has 1 aliphatic rings. The molecular weight excluding hydrogens is 486 g/mol. The molecule has 0 bridgehead atoms. The number of benzene rings is 2. The molecule has 8 heteroatoms. The van der Waals surface area contributed by atoms with Gasteiger partial charge in [-0.05, 0) is 96.7 Å². The number of aliphatic hydroxyl groups is 1. The topological polar surface area (TPSA) is 65.0 Å². The first-order valence-corrected chi connectivity index (χ1v) is 15.0. The third kappa shape index (κ3) is 7.88. The quantitative estimate of drug-likeness (QED) is 0.130. The molecule has 0 radical (unpaired) electrons. The normalized spacial score (nSPS) is 17.0.